The molecule has 1 aromatic carbocycles. The summed E-state index contributed by atoms with van der Waals surface area (Å²) in [6.45, 7) is 0.146. The van der Waals surface area contributed by atoms with Gasteiger partial charge in [0.15, 0.2) is 11.5 Å². The van der Waals surface area contributed by atoms with Crippen molar-refractivity contribution in [2.75, 3.05) is 13.8 Å². The highest BCUT2D eigenvalue weighted by atomic mass is 16.7. The number of hydrogen-bond donors (Lipinski definition) is 1. The molecule has 0 radical (unpaired) electrons. The molecule has 0 aliphatic carbocycles. The highest BCUT2D eigenvalue weighted by Gasteiger charge is 2.19. The second-order valence-electron chi connectivity index (χ2n) is 2.98. The molecular weight excluding hydrogens is 198 g/mol. The minimum atomic E-state index is -0.645. The van der Waals surface area contributed by atoms with Gasteiger partial charge < -0.3 is 14.8 Å². The Morgan fingerprint density at radius 2 is 2.00 bits per heavy atom. The van der Waals surface area contributed by atoms with Gasteiger partial charge in [0.2, 0.25) is 12.6 Å². The number of rotatable bonds is 2. The van der Waals surface area contributed by atoms with Gasteiger partial charge in [-0.25, -0.2) is 0 Å². The number of Topliss-reactive ketones (excluding diaryl/α,β-unsaturated/α-hetero) is 1. The van der Waals surface area contributed by atoms with Gasteiger partial charge >= 0.3 is 0 Å². The lowest BCUT2D eigenvalue weighted by atomic mass is 10.1. The lowest BCUT2D eigenvalue weighted by molar-refractivity contribution is -0.116. The number of likely N-dealkylation sites (N-methyl/N-ethyl adjacent to an activating group) is 1. The summed E-state index contributed by atoms with van der Waals surface area (Å²) < 4.78 is 10.2. The Balaban J connectivity index is 2.30. The first-order chi connectivity index (χ1) is 7.22. The molecule has 1 aliphatic heterocycles. The zero-order valence-corrected chi connectivity index (χ0v) is 8.07. The molecule has 1 amide bonds. The Bertz CT molecular complexity index is 427. The fourth-order valence-corrected chi connectivity index (χ4v) is 1.28. The van der Waals surface area contributed by atoms with Gasteiger partial charge in [-0.05, 0) is 18.2 Å². The van der Waals surface area contributed by atoms with Crippen LogP contribution < -0.4 is 14.8 Å². The van der Waals surface area contributed by atoms with Crippen molar-refractivity contribution in [2.45, 2.75) is 0 Å². The van der Waals surface area contributed by atoms with E-state index in [2.05, 4.69) is 5.32 Å². The van der Waals surface area contributed by atoms with Crippen molar-refractivity contribution in [3.63, 3.8) is 0 Å². The van der Waals surface area contributed by atoms with Crippen LogP contribution in [-0.2, 0) is 4.79 Å². The Hall–Kier alpha value is -2.04. The molecule has 1 aromatic rings. The first kappa shape index (κ1) is 9.51. The Morgan fingerprint density at radius 1 is 1.27 bits per heavy atom. The minimum Gasteiger partial charge on any atom is -0.454 e. The number of nitrogens with one attached hydrogen (secondary N) is 1. The third-order valence-electron chi connectivity index (χ3n) is 2.07. The van der Waals surface area contributed by atoms with E-state index in [0.717, 1.165) is 0 Å². The van der Waals surface area contributed by atoms with Gasteiger partial charge in [0.05, 0.1) is 0 Å². The molecule has 0 bridgehead atoms. The molecule has 15 heavy (non-hydrogen) atoms. The first-order valence-electron chi connectivity index (χ1n) is 4.38. The van der Waals surface area contributed by atoms with E-state index < -0.39 is 11.7 Å². The molecule has 0 fully saturated rings. The van der Waals surface area contributed by atoms with Crippen molar-refractivity contribution in [3.8, 4) is 11.5 Å². The Kier molecular flexibility index (Phi) is 2.29. The number of carbonyl (C=O) groups excluding carboxylic acids is 2. The van der Waals surface area contributed by atoms with Crippen LogP contribution in [0.5, 0.6) is 11.5 Å². The quantitative estimate of drug-likeness (QED) is 0.561. The van der Waals surface area contributed by atoms with Crippen molar-refractivity contribution in [1.29, 1.82) is 0 Å². The largest absolute Gasteiger partial charge is 0.454 e. The van der Waals surface area contributed by atoms with E-state index in [1.807, 2.05) is 0 Å². The summed E-state index contributed by atoms with van der Waals surface area (Å²) in [5.41, 5.74) is 0.290. The SMILES string of the molecule is CNC(=O)C(=O)c1ccc2c(c1)OCO2. The van der Waals surface area contributed by atoms with Crippen LogP contribution in [0.2, 0.25) is 0 Å². The van der Waals surface area contributed by atoms with Crippen LogP contribution in [-0.4, -0.2) is 25.5 Å². The number of amides is 1. The van der Waals surface area contributed by atoms with Gasteiger partial charge in [0.25, 0.3) is 5.91 Å². The second kappa shape index (κ2) is 3.61. The first-order valence-corrected chi connectivity index (χ1v) is 4.38. The highest BCUT2D eigenvalue weighted by molar-refractivity contribution is 6.42. The van der Waals surface area contributed by atoms with E-state index in [9.17, 15) is 9.59 Å². The molecule has 5 heteroatoms. The monoisotopic (exact) mass is 207 g/mol. The van der Waals surface area contributed by atoms with Crippen molar-refractivity contribution in [2.24, 2.45) is 0 Å². The van der Waals surface area contributed by atoms with E-state index in [1.165, 1.54) is 19.2 Å². The zero-order chi connectivity index (χ0) is 10.8. The fraction of sp³-hybridized carbons (Fsp3) is 0.200. The van der Waals surface area contributed by atoms with Gasteiger partial charge in [-0.1, -0.05) is 0 Å². The van der Waals surface area contributed by atoms with E-state index in [-0.39, 0.29) is 6.79 Å². The fourth-order valence-electron chi connectivity index (χ4n) is 1.28. The summed E-state index contributed by atoms with van der Waals surface area (Å²) in [4.78, 5) is 22.5. The highest BCUT2D eigenvalue weighted by Crippen LogP contribution is 2.32. The lowest BCUT2D eigenvalue weighted by Gasteiger charge is -2.00. The number of benzene rings is 1. The summed E-state index contributed by atoms with van der Waals surface area (Å²) in [6, 6.07) is 4.64. The predicted molar refractivity (Wildman–Crippen MR) is 51.0 cm³/mol. The lowest BCUT2D eigenvalue weighted by Crippen LogP contribution is -2.27. The second-order valence-corrected chi connectivity index (χ2v) is 2.98. The minimum absolute atomic E-state index is 0.146. The van der Waals surface area contributed by atoms with Gasteiger partial charge in [0, 0.05) is 12.6 Å². The molecule has 1 aliphatic rings. The molecule has 0 unspecified atom stereocenters. The number of carbonyl (C=O) groups is 2. The van der Waals surface area contributed by atoms with Crippen LogP contribution in [0.15, 0.2) is 18.2 Å². The summed E-state index contributed by atoms with van der Waals surface area (Å²) in [5.74, 6) is -0.155. The number of ether oxygens (including phenoxy) is 2. The van der Waals surface area contributed by atoms with Gasteiger partial charge in [-0.2, -0.15) is 0 Å². The molecule has 0 aromatic heterocycles. The number of hydrogen-bond acceptors (Lipinski definition) is 4. The summed E-state index contributed by atoms with van der Waals surface area (Å²) >= 11 is 0. The molecule has 1 N–H and O–H groups in total. The van der Waals surface area contributed by atoms with Crippen molar-refractivity contribution in [1.82, 2.24) is 5.32 Å². The van der Waals surface area contributed by atoms with E-state index in [1.54, 1.807) is 6.07 Å². The Labute approximate surface area is 86.0 Å². The average Bonchev–Trinajstić information content (AvgIpc) is 2.73. The van der Waals surface area contributed by atoms with Gasteiger partial charge in [-0.3, -0.25) is 9.59 Å². The van der Waals surface area contributed by atoms with E-state index in [4.69, 9.17) is 9.47 Å². The van der Waals surface area contributed by atoms with Gasteiger partial charge in [-0.15, -0.1) is 0 Å². The summed E-state index contributed by atoms with van der Waals surface area (Å²) in [6.07, 6.45) is 0. The van der Waals surface area contributed by atoms with Gasteiger partial charge in [0.1, 0.15) is 0 Å². The maximum Gasteiger partial charge on any atom is 0.292 e. The topological polar surface area (TPSA) is 64.6 Å². The summed E-state index contributed by atoms with van der Waals surface area (Å²) in [7, 11) is 1.41. The molecule has 0 spiro atoms. The standard InChI is InChI=1S/C10H9NO4/c1-11-10(13)9(12)6-2-3-7-8(4-6)15-5-14-7/h2-4H,5H2,1H3,(H,11,13). The van der Waals surface area contributed by atoms with Crippen LogP contribution in [0.25, 0.3) is 0 Å². The predicted octanol–water partition coefficient (Wildman–Crippen LogP) is 0.344. The third-order valence-corrected chi connectivity index (χ3v) is 2.07. The van der Waals surface area contributed by atoms with Crippen molar-refractivity contribution >= 4 is 11.7 Å². The summed E-state index contributed by atoms with van der Waals surface area (Å²) in [5, 5.41) is 2.27. The van der Waals surface area contributed by atoms with Crippen LogP contribution in [0, 0.1) is 0 Å². The zero-order valence-electron chi connectivity index (χ0n) is 8.07. The Morgan fingerprint density at radius 3 is 2.73 bits per heavy atom. The van der Waals surface area contributed by atoms with Crippen LogP contribution in [0.4, 0.5) is 0 Å². The normalized spacial score (nSPS) is 12.3. The van der Waals surface area contributed by atoms with Crippen molar-refractivity contribution in [3.05, 3.63) is 23.8 Å². The molecule has 78 valence electrons. The third kappa shape index (κ3) is 1.63. The molecule has 0 saturated carbocycles. The van der Waals surface area contributed by atoms with E-state index >= 15 is 0 Å². The number of fused-ring (bicyclic) bond motifs is 1. The molecule has 5 nitrogen and oxygen atoms in total. The molecule has 0 saturated heterocycles. The number of ketones is 1. The van der Waals surface area contributed by atoms with Crippen molar-refractivity contribution < 1.29 is 19.1 Å². The molecular formula is C10H9NO4. The maximum absolute atomic E-state index is 11.5. The molecule has 1 heterocycles. The van der Waals surface area contributed by atoms with Crippen LogP contribution >= 0.6 is 0 Å². The van der Waals surface area contributed by atoms with Crippen LogP contribution in [0.1, 0.15) is 10.4 Å². The smallest absolute Gasteiger partial charge is 0.292 e. The van der Waals surface area contributed by atoms with Crippen LogP contribution in [0.3, 0.4) is 0 Å². The molecule has 2 rings (SSSR count). The maximum atomic E-state index is 11.5. The molecule has 0 atom stereocenters. The van der Waals surface area contributed by atoms with E-state index in [0.29, 0.717) is 17.1 Å². The average molecular weight is 207 g/mol.